The molecule has 1 aromatic heterocycles. The van der Waals surface area contributed by atoms with E-state index in [-0.39, 0.29) is 15.7 Å². The number of ether oxygens (including phenoxy) is 3. The van der Waals surface area contributed by atoms with Crippen molar-refractivity contribution in [2.24, 2.45) is 0 Å². The lowest BCUT2D eigenvalue weighted by Gasteiger charge is -2.20. The number of halogens is 2. The molecule has 0 unspecified atom stereocenters. The van der Waals surface area contributed by atoms with Crippen molar-refractivity contribution in [1.82, 2.24) is 14.9 Å². The Kier molecular flexibility index (Phi) is 10.6. The molecule has 3 rings (SSSR count). The zero-order valence-electron chi connectivity index (χ0n) is 22.0. The van der Waals surface area contributed by atoms with Crippen LogP contribution in [0.4, 0.5) is 27.8 Å². The van der Waals surface area contributed by atoms with Crippen molar-refractivity contribution in [3.05, 3.63) is 52.8 Å². The molecule has 0 radical (unpaired) electrons. The number of benzene rings is 2. The number of carbonyl (C=O) groups is 1. The van der Waals surface area contributed by atoms with Gasteiger partial charge in [0.2, 0.25) is 0 Å². The van der Waals surface area contributed by atoms with Gasteiger partial charge in [0.25, 0.3) is 0 Å². The van der Waals surface area contributed by atoms with Crippen LogP contribution in [0.2, 0.25) is 10.0 Å². The van der Waals surface area contributed by atoms with Crippen LogP contribution >= 0.6 is 23.2 Å². The summed E-state index contributed by atoms with van der Waals surface area (Å²) in [5.41, 5.74) is 0.966. The van der Waals surface area contributed by atoms with Crippen LogP contribution in [0.15, 0.2) is 42.7 Å². The SMILES string of the molecule is CCN(CC)CCOc1ccc(Nc2cc(N(C)C(=O)Nc3c(Cl)c(OC)cc(OC)c3Cl)ncn2)cc1. The highest BCUT2D eigenvalue weighted by atomic mass is 35.5. The second-order valence-corrected chi connectivity index (χ2v) is 8.82. The molecule has 2 aromatic carbocycles. The van der Waals surface area contributed by atoms with Crippen LogP contribution in [-0.2, 0) is 0 Å². The van der Waals surface area contributed by atoms with Gasteiger partial charge in [-0.1, -0.05) is 37.0 Å². The van der Waals surface area contributed by atoms with Crippen LogP contribution in [0.25, 0.3) is 0 Å². The predicted octanol–water partition coefficient (Wildman–Crippen LogP) is 5.93. The molecule has 0 aliphatic carbocycles. The number of amides is 2. The summed E-state index contributed by atoms with van der Waals surface area (Å²) in [6.45, 7) is 7.76. The average molecular weight is 563 g/mol. The second-order valence-electron chi connectivity index (χ2n) is 8.06. The first-order valence-electron chi connectivity index (χ1n) is 12.0. The maximum absolute atomic E-state index is 13.0. The molecule has 3 aromatic rings. The minimum Gasteiger partial charge on any atom is -0.495 e. The molecule has 204 valence electrons. The van der Waals surface area contributed by atoms with E-state index in [9.17, 15) is 4.79 Å². The maximum atomic E-state index is 13.0. The van der Waals surface area contributed by atoms with Gasteiger partial charge >= 0.3 is 6.03 Å². The normalized spacial score (nSPS) is 10.7. The van der Waals surface area contributed by atoms with E-state index >= 15 is 0 Å². The first-order chi connectivity index (χ1) is 18.3. The third-order valence-electron chi connectivity index (χ3n) is 5.80. The van der Waals surface area contributed by atoms with Gasteiger partial charge in [0.05, 0.1) is 19.9 Å². The molecule has 0 atom stereocenters. The average Bonchev–Trinajstić information content (AvgIpc) is 2.94. The monoisotopic (exact) mass is 562 g/mol. The van der Waals surface area contributed by atoms with E-state index in [0.717, 1.165) is 31.1 Å². The molecule has 12 heteroatoms. The molecule has 10 nitrogen and oxygen atoms in total. The number of urea groups is 1. The third-order valence-corrected chi connectivity index (χ3v) is 6.55. The van der Waals surface area contributed by atoms with Crippen LogP contribution in [-0.4, -0.2) is 68.4 Å². The zero-order chi connectivity index (χ0) is 27.7. The first kappa shape index (κ1) is 29.1. The van der Waals surface area contributed by atoms with Crippen molar-refractivity contribution in [3.8, 4) is 17.2 Å². The second kappa shape index (κ2) is 13.9. The molecule has 0 aliphatic rings. The van der Waals surface area contributed by atoms with Crippen LogP contribution in [0.1, 0.15) is 13.8 Å². The molecule has 0 saturated carbocycles. The highest BCUT2D eigenvalue weighted by Crippen LogP contribution is 2.44. The topological polar surface area (TPSA) is 101 Å². The van der Waals surface area contributed by atoms with E-state index in [4.69, 9.17) is 37.4 Å². The minimum absolute atomic E-state index is 0.144. The summed E-state index contributed by atoms with van der Waals surface area (Å²) in [6.07, 6.45) is 1.36. The fourth-order valence-electron chi connectivity index (χ4n) is 3.50. The lowest BCUT2D eigenvalue weighted by atomic mass is 10.2. The number of aromatic nitrogens is 2. The first-order valence-corrected chi connectivity index (χ1v) is 12.8. The lowest BCUT2D eigenvalue weighted by Crippen LogP contribution is -2.32. The van der Waals surface area contributed by atoms with E-state index in [1.165, 1.54) is 31.5 Å². The Bertz CT molecular complexity index is 1200. The van der Waals surface area contributed by atoms with Gasteiger partial charge in [0.1, 0.15) is 51.9 Å². The predicted molar refractivity (Wildman–Crippen MR) is 152 cm³/mol. The smallest absolute Gasteiger partial charge is 0.327 e. The Balaban J connectivity index is 1.66. The molecule has 2 amide bonds. The number of nitrogens with zero attached hydrogens (tertiary/aromatic N) is 4. The fraction of sp³-hybridized carbons (Fsp3) is 0.346. The van der Waals surface area contributed by atoms with Gasteiger partial charge in [-0.2, -0.15) is 0 Å². The van der Waals surface area contributed by atoms with E-state index in [1.807, 2.05) is 24.3 Å². The summed E-state index contributed by atoms with van der Waals surface area (Å²) in [5, 5.41) is 6.19. The number of carbonyl (C=O) groups excluding carboxylic acids is 1. The molecular weight excluding hydrogens is 531 g/mol. The number of likely N-dealkylation sites (N-methyl/N-ethyl adjacent to an activating group) is 1. The molecule has 0 spiro atoms. The van der Waals surface area contributed by atoms with Crippen molar-refractivity contribution < 1.29 is 19.0 Å². The fourth-order valence-corrected chi connectivity index (χ4v) is 4.10. The standard InChI is InChI=1S/C26H32Cl2N6O4/c1-6-34(7-2)12-13-38-18-10-8-17(9-11-18)31-21-15-22(30-16-29-21)33(3)26(35)32-25-23(27)19(36-4)14-20(37-5)24(25)28/h8-11,14-16H,6-7,12-13H2,1-5H3,(H,32,35)(H,29,30,31). The van der Waals surface area contributed by atoms with Gasteiger partial charge in [-0.05, 0) is 37.4 Å². The number of hydrogen-bond donors (Lipinski definition) is 2. The molecule has 0 bridgehead atoms. The van der Waals surface area contributed by atoms with Gasteiger partial charge in [0, 0.05) is 31.4 Å². The van der Waals surface area contributed by atoms with Crippen LogP contribution in [0, 0.1) is 0 Å². The quantitative estimate of drug-likeness (QED) is 0.280. The van der Waals surface area contributed by atoms with Gasteiger partial charge in [-0.15, -0.1) is 0 Å². The highest BCUT2D eigenvalue weighted by molar-refractivity contribution is 6.41. The molecule has 0 saturated heterocycles. The minimum atomic E-state index is -0.528. The molecule has 0 aliphatic heterocycles. The Hall–Kier alpha value is -3.47. The van der Waals surface area contributed by atoms with Gasteiger partial charge in [-0.25, -0.2) is 14.8 Å². The highest BCUT2D eigenvalue weighted by Gasteiger charge is 2.21. The van der Waals surface area contributed by atoms with Gasteiger partial charge in [-0.3, -0.25) is 4.90 Å². The van der Waals surface area contributed by atoms with E-state index in [2.05, 4.69) is 39.3 Å². The van der Waals surface area contributed by atoms with Crippen molar-refractivity contribution in [2.45, 2.75) is 13.8 Å². The van der Waals surface area contributed by atoms with Crippen molar-refractivity contribution in [1.29, 1.82) is 0 Å². The lowest BCUT2D eigenvalue weighted by molar-refractivity contribution is 0.223. The number of rotatable bonds is 12. The number of hydrogen-bond acceptors (Lipinski definition) is 8. The zero-order valence-corrected chi connectivity index (χ0v) is 23.6. The molecule has 0 fully saturated rings. The molecule has 1 heterocycles. The van der Waals surface area contributed by atoms with Gasteiger partial charge < -0.3 is 29.7 Å². The van der Waals surface area contributed by atoms with E-state index in [0.29, 0.717) is 29.7 Å². The Morgan fingerprint density at radius 3 is 2.18 bits per heavy atom. The van der Waals surface area contributed by atoms with Crippen molar-refractivity contribution >= 4 is 52.2 Å². The van der Waals surface area contributed by atoms with E-state index in [1.54, 1.807) is 13.1 Å². The number of methoxy groups -OCH3 is 2. The molecular formula is C26H32Cl2N6O4. The Labute approximate surface area is 232 Å². The third kappa shape index (κ3) is 7.31. The Morgan fingerprint density at radius 2 is 1.61 bits per heavy atom. The molecule has 2 N–H and O–H groups in total. The van der Waals surface area contributed by atoms with Crippen LogP contribution in [0.5, 0.6) is 17.2 Å². The summed E-state index contributed by atoms with van der Waals surface area (Å²) in [4.78, 5) is 25.1. The molecule has 38 heavy (non-hydrogen) atoms. The number of nitrogens with one attached hydrogen (secondary N) is 2. The van der Waals surface area contributed by atoms with Gasteiger partial charge in [0.15, 0.2) is 0 Å². The van der Waals surface area contributed by atoms with Crippen LogP contribution in [0.3, 0.4) is 0 Å². The summed E-state index contributed by atoms with van der Waals surface area (Å²) in [5.74, 6) is 2.25. The Morgan fingerprint density at radius 1 is 0.974 bits per heavy atom. The van der Waals surface area contributed by atoms with Crippen molar-refractivity contribution in [3.63, 3.8) is 0 Å². The van der Waals surface area contributed by atoms with Crippen LogP contribution < -0.4 is 29.7 Å². The summed E-state index contributed by atoms with van der Waals surface area (Å²) >= 11 is 12.7. The number of anilines is 4. The summed E-state index contributed by atoms with van der Waals surface area (Å²) in [6, 6.07) is 10.2. The summed E-state index contributed by atoms with van der Waals surface area (Å²) in [7, 11) is 4.47. The largest absolute Gasteiger partial charge is 0.495 e. The van der Waals surface area contributed by atoms with Crippen molar-refractivity contribution in [2.75, 3.05) is 63.0 Å². The van der Waals surface area contributed by atoms with E-state index < -0.39 is 6.03 Å². The summed E-state index contributed by atoms with van der Waals surface area (Å²) < 4.78 is 16.3. The maximum Gasteiger partial charge on any atom is 0.327 e.